The van der Waals surface area contributed by atoms with Gasteiger partial charge in [-0.2, -0.15) is 0 Å². The Hall–Kier alpha value is -1.44. The van der Waals surface area contributed by atoms with Gasteiger partial charge in [-0.1, -0.05) is 39.8 Å². The Morgan fingerprint density at radius 3 is 2.00 bits per heavy atom. The van der Waals surface area contributed by atoms with Crippen LogP contribution in [-0.2, 0) is 6.42 Å². The van der Waals surface area contributed by atoms with Crippen LogP contribution >= 0.6 is 0 Å². The third-order valence-electron chi connectivity index (χ3n) is 3.76. The molecular weight excluding hydrogens is 248 g/mol. The number of hydrogen-bond acceptors (Lipinski definition) is 2. The van der Waals surface area contributed by atoms with Crippen LogP contribution in [0.15, 0.2) is 6.08 Å². The second-order valence-electron chi connectivity index (χ2n) is 6.38. The second-order valence-corrected chi connectivity index (χ2v) is 6.38. The molecule has 1 aromatic carbocycles. The highest BCUT2D eigenvalue weighted by atomic mass is 16.3. The van der Waals surface area contributed by atoms with E-state index in [1.807, 2.05) is 19.9 Å². The van der Waals surface area contributed by atoms with Crippen LogP contribution in [0.4, 0.5) is 0 Å². The Morgan fingerprint density at radius 1 is 0.950 bits per heavy atom. The molecule has 0 saturated heterocycles. The highest BCUT2D eigenvalue weighted by Gasteiger charge is 2.17. The second kappa shape index (κ2) is 6.83. The van der Waals surface area contributed by atoms with Gasteiger partial charge in [0.1, 0.15) is 11.5 Å². The number of hydrogen-bond donors (Lipinski definition) is 2. The number of aromatic hydroxyl groups is 2. The summed E-state index contributed by atoms with van der Waals surface area (Å²) in [5, 5.41) is 20.8. The highest BCUT2D eigenvalue weighted by molar-refractivity contribution is 5.69. The summed E-state index contributed by atoms with van der Waals surface area (Å²) in [5.74, 6) is 1.62. The predicted octanol–water partition coefficient (Wildman–Crippen LogP) is 4.97. The van der Waals surface area contributed by atoms with Crippen molar-refractivity contribution in [2.45, 2.75) is 54.4 Å². The molecule has 0 unspecified atom stereocenters. The van der Waals surface area contributed by atoms with E-state index in [1.165, 1.54) is 0 Å². The van der Waals surface area contributed by atoms with Gasteiger partial charge in [0, 0.05) is 11.1 Å². The van der Waals surface area contributed by atoms with Gasteiger partial charge >= 0.3 is 0 Å². The van der Waals surface area contributed by atoms with Gasteiger partial charge in [0.25, 0.3) is 0 Å². The first-order valence-electron chi connectivity index (χ1n) is 7.47. The first kappa shape index (κ1) is 16.6. The molecule has 1 aromatic rings. The summed E-state index contributed by atoms with van der Waals surface area (Å²) < 4.78 is 0. The molecule has 0 aliphatic rings. The maximum absolute atomic E-state index is 10.4. The zero-order valence-corrected chi connectivity index (χ0v) is 13.6. The van der Waals surface area contributed by atoms with E-state index in [2.05, 4.69) is 33.8 Å². The van der Waals surface area contributed by atoms with Gasteiger partial charge in [0.15, 0.2) is 0 Å². The predicted molar refractivity (Wildman–Crippen MR) is 86.3 cm³/mol. The van der Waals surface area contributed by atoms with Crippen LogP contribution < -0.4 is 0 Å². The Morgan fingerprint density at radius 2 is 1.50 bits per heavy atom. The van der Waals surface area contributed by atoms with Crippen LogP contribution in [0.3, 0.4) is 0 Å². The van der Waals surface area contributed by atoms with Crippen molar-refractivity contribution in [3.8, 4) is 11.5 Å². The Labute approximate surface area is 123 Å². The van der Waals surface area contributed by atoms with Crippen molar-refractivity contribution >= 4 is 6.08 Å². The number of benzene rings is 1. The molecule has 0 aromatic heterocycles. The maximum Gasteiger partial charge on any atom is 0.126 e. The molecule has 0 fully saturated rings. The summed E-state index contributed by atoms with van der Waals surface area (Å²) in [7, 11) is 0. The van der Waals surface area contributed by atoms with Crippen molar-refractivity contribution in [2.24, 2.45) is 11.8 Å². The summed E-state index contributed by atoms with van der Waals surface area (Å²) in [4.78, 5) is 0. The monoisotopic (exact) mass is 276 g/mol. The van der Waals surface area contributed by atoms with Gasteiger partial charge in [0.2, 0.25) is 0 Å². The van der Waals surface area contributed by atoms with E-state index < -0.39 is 0 Å². The summed E-state index contributed by atoms with van der Waals surface area (Å²) >= 11 is 0. The highest BCUT2D eigenvalue weighted by Crippen LogP contribution is 2.38. The molecule has 2 heteroatoms. The molecule has 0 heterocycles. The average molecular weight is 276 g/mol. The van der Waals surface area contributed by atoms with Gasteiger partial charge in [0.05, 0.1) is 0 Å². The van der Waals surface area contributed by atoms with Crippen LogP contribution in [0.2, 0.25) is 0 Å². The summed E-state index contributed by atoms with van der Waals surface area (Å²) in [6, 6.07) is 0. The molecule has 0 aliphatic heterocycles. The van der Waals surface area contributed by atoms with Gasteiger partial charge in [-0.3, -0.25) is 0 Å². The van der Waals surface area contributed by atoms with Gasteiger partial charge < -0.3 is 10.2 Å². The molecule has 0 bridgehead atoms. The Balaban J connectivity index is 3.36. The fourth-order valence-electron chi connectivity index (χ4n) is 2.21. The largest absolute Gasteiger partial charge is 0.507 e. The molecule has 0 atom stereocenters. The van der Waals surface area contributed by atoms with E-state index in [0.29, 0.717) is 23.3 Å². The van der Waals surface area contributed by atoms with Crippen molar-refractivity contribution in [1.29, 1.82) is 0 Å². The van der Waals surface area contributed by atoms with Crippen LogP contribution in [-0.4, -0.2) is 10.2 Å². The van der Waals surface area contributed by atoms with Gasteiger partial charge in [-0.15, -0.1) is 0 Å². The standard InChI is InChI=1S/C18H28O2/c1-11(2)7-9-15-16(10-8-12(3)4)18(20)14(6)13(5)17(15)19/h7,9,11-12,19-20H,8,10H2,1-6H3. The Bertz CT molecular complexity index is 497. The first-order chi connectivity index (χ1) is 9.25. The van der Waals surface area contributed by atoms with E-state index in [9.17, 15) is 10.2 Å². The van der Waals surface area contributed by atoms with E-state index >= 15 is 0 Å². The lowest BCUT2D eigenvalue weighted by Gasteiger charge is -2.17. The topological polar surface area (TPSA) is 40.5 Å². The van der Waals surface area contributed by atoms with Crippen molar-refractivity contribution in [3.63, 3.8) is 0 Å². The zero-order valence-electron chi connectivity index (χ0n) is 13.6. The third-order valence-corrected chi connectivity index (χ3v) is 3.76. The number of phenolic OH excluding ortho intramolecular Hbond substituents is 2. The minimum Gasteiger partial charge on any atom is -0.507 e. The first-order valence-corrected chi connectivity index (χ1v) is 7.47. The lowest BCUT2D eigenvalue weighted by Crippen LogP contribution is -1.99. The Kier molecular flexibility index (Phi) is 5.67. The normalized spacial score (nSPS) is 12.0. The molecule has 0 amide bonds. The maximum atomic E-state index is 10.4. The average Bonchev–Trinajstić information content (AvgIpc) is 2.37. The minimum atomic E-state index is 0.302. The molecule has 0 saturated carbocycles. The molecule has 0 spiro atoms. The van der Waals surface area contributed by atoms with Crippen LogP contribution in [0.1, 0.15) is 56.4 Å². The molecule has 0 aliphatic carbocycles. The van der Waals surface area contributed by atoms with Gasteiger partial charge in [-0.25, -0.2) is 0 Å². The smallest absolute Gasteiger partial charge is 0.126 e. The lowest BCUT2D eigenvalue weighted by molar-refractivity contribution is 0.442. The van der Waals surface area contributed by atoms with E-state index in [1.54, 1.807) is 0 Å². The van der Waals surface area contributed by atoms with E-state index in [-0.39, 0.29) is 0 Å². The van der Waals surface area contributed by atoms with Crippen LogP contribution in [0.25, 0.3) is 6.08 Å². The molecule has 1 rings (SSSR count). The van der Waals surface area contributed by atoms with E-state index in [4.69, 9.17) is 0 Å². The fraction of sp³-hybridized carbons (Fsp3) is 0.556. The molecule has 2 N–H and O–H groups in total. The number of rotatable bonds is 5. The molecule has 20 heavy (non-hydrogen) atoms. The lowest BCUT2D eigenvalue weighted by atomic mass is 9.91. The van der Waals surface area contributed by atoms with Crippen LogP contribution in [0.5, 0.6) is 11.5 Å². The molecular formula is C18H28O2. The molecule has 2 nitrogen and oxygen atoms in total. The molecule has 0 radical (unpaired) electrons. The van der Waals surface area contributed by atoms with Crippen LogP contribution in [0, 0.1) is 25.7 Å². The van der Waals surface area contributed by atoms with Gasteiger partial charge in [-0.05, 0) is 49.7 Å². The third kappa shape index (κ3) is 3.78. The quantitative estimate of drug-likeness (QED) is 0.745. The van der Waals surface area contributed by atoms with Crippen molar-refractivity contribution in [3.05, 3.63) is 28.3 Å². The minimum absolute atomic E-state index is 0.302. The van der Waals surface area contributed by atoms with Crippen molar-refractivity contribution in [1.82, 2.24) is 0 Å². The summed E-state index contributed by atoms with van der Waals surface area (Å²) in [5.41, 5.74) is 3.19. The summed E-state index contributed by atoms with van der Waals surface area (Å²) in [6.07, 6.45) is 5.79. The van der Waals surface area contributed by atoms with Crippen molar-refractivity contribution in [2.75, 3.05) is 0 Å². The SMILES string of the molecule is Cc1c(C)c(O)c(CCC(C)C)c(C=CC(C)C)c1O. The number of phenols is 2. The zero-order chi connectivity index (χ0) is 15.4. The fourth-order valence-corrected chi connectivity index (χ4v) is 2.21. The summed E-state index contributed by atoms with van der Waals surface area (Å²) in [6.45, 7) is 12.2. The molecule has 112 valence electrons. The van der Waals surface area contributed by atoms with Crippen molar-refractivity contribution < 1.29 is 10.2 Å². The number of allylic oxidation sites excluding steroid dienone is 1. The van der Waals surface area contributed by atoms with E-state index in [0.717, 1.165) is 35.1 Å².